The van der Waals surface area contributed by atoms with Crippen molar-refractivity contribution in [2.45, 2.75) is 17.2 Å². The van der Waals surface area contributed by atoms with E-state index in [1.54, 1.807) is 0 Å². The molecule has 0 N–H and O–H groups in total. The second-order valence-corrected chi connectivity index (χ2v) is 14.0. The summed E-state index contributed by atoms with van der Waals surface area (Å²) in [5, 5.41) is 2.46. The van der Waals surface area contributed by atoms with Crippen LogP contribution in [-0.4, -0.2) is 29.4 Å². The lowest BCUT2D eigenvalue weighted by atomic mass is 9.88. The van der Waals surface area contributed by atoms with Gasteiger partial charge >= 0.3 is 0 Å². The summed E-state index contributed by atoms with van der Waals surface area (Å²) in [5.41, 5.74) is 2.53. The van der Waals surface area contributed by atoms with Crippen molar-refractivity contribution in [1.82, 2.24) is 0 Å². The molecule has 2 aromatic carbocycles. The van der Waals surface area contributed by atoms with Gasteiger partial charge in [-0.2, -0.15) is 0 Å². The average molecular weight is 369 g/mol. The third-order valence-electron chi connectivity index (χ3n) is 4.98. The lowest BCUT2D eigenvalue weighted by molar-refractivity contribution is -0.115. The Kier molecular flexibility index (Phi) is 4.02. The van der Waals surface area contributed by atoms with Gasteiger partial charge < -0.3 is 0 Å². The van der Waals surface area contributed by atoms with E-state index in [1.807, 2.05) is 35.7 Å². The molecule has 0 amide bonds. The van der Waals surface area contributed by atoms with Crippen LogP contribution in [0.4, 0.5) is 0 Å². The molecule has 2 aliphatic rings. The second-order valence-electron chi connectivity index (χ2n) is 6.75. The molecular formula is C20H20OS2Si. The van der Waals surface area contributed by atoms with Crippen molar-refractivity contribution in [3.05, 3.63) is 71.4 Å². The van der Waals surface area contributed by atoms with Crippen LogP contribution in [0.5, 0.6) is 0 Å². The lowest BCUT2D eigenvalue weighted by Crippen LogP contribution is -2.57. The average Bonchev–Trinajstić information content (AvgIpc) is 3.13. The fraction of sp³-hybridized carbons (Fsp3) is 0.250. The molecule has 1 fully saturated rings. The molecule has 24 heavy (non-hydrogen) atoms. The van der Waals surface area contributed by atoms with E-state index in [0.717, 1.165) is 16.7 Å². The van der Waals surface area contributed by atoms with E-state index in [0.29, 0.717) is 5.78 Å². The first-order valence-electron chi connectivity index (χ1n) is 8.26. The van der Waals surface area contributed by atoms with Crippen LogP contribution in [0.2, 0.25) is 13.1 Å². The van der Waals surface area contributed by atoms with Gasteiger partial charge in [-0.1, -0.05) is 78.9 Å². The summed E-state index contributed by atoms with van der Waals surface area (Å²) >= 11 is 3.67. The minimum Gasteiger partial charge on any atom is -0.292 e. The Morgan fingerprint density at radius 1 is 0.875 bits per heavy atom. The summed E-state index contributed by atoms with van der Waals surface area (Å²) in [6.45, 7) is 4.63. The van der Waals surface area contributed by atoms with Gasteiger partial charge in [0.2, 0.25) is 0 Å². The number of benzene rings is 2. The highest BCUT2D eigenvalue weighted by Gasteiger charge is 2.60. The van der Waals surface area contributed by atoms with E-state index in [4.69, 9.17) is 0 Å². The molecule has 4 rings (SSSR count). The maximum Gasteiger partial charge on any atom is 0.186 e. The number of carbonyl (C=O) groups excluding carboxylic acids is 1. The number of hydrogen-bond acceptors (Lipinski definition) is 3. The molecule has 0 aromatic heterocycles. The van der Waals surface area contributed by atoms with Crippen LogP contribution in [0.3, 0.4) is 0 Å². The Labute approximate surface area is 152 Å². The van der Waals surface area contributed by atoms with Gasteiger partial charge in [-0.3, -0.25) is 4.79 Å². The molecule has 0 bridgehead atoms. The smallest absolute Gasteiger partial charge is 0.186 e. The molecule has 1 heterocycles. The van der Waals surface area contributed by atoms with Gasteiger partial charge in [-0.25, -0.2) is 0 Å². The fourth-order valence-corrected chi connectivity index (χ4v) is 10.4. The Bertz CT molecular complexity index is 806. The van der Waals surface area contributed by atoms with Crippen LogP contribution in [0.25, 0.3) is 5.57 Å². The van der Waals surface area contributed by atoms with Gasteiger partial charge in [0.25, 0.3) is 0 Å². The fourth-order valence-electron chi connectivity index (χ4n) is 3.72. The van der Waals surface area contributed by atoms with Crippen molar-refractivity contribution in [1.29, 1.82) is 0 Å². The van der Waals surface area contributed by atoms with E-state index in [-0.39, 0.29) is 4.08 Å². The molecule has 1 saturated heterocycles. The van der Waals surface area contributed by atoms with Crippen LogP contribution >= 0.6 is 23.5 Å². The molecule has 1 aliphatic heterocycles. The second kappa shape index (κ2) is 5.94. The molecule has 122 valence electrons. The van der Waals surface area contributed by atoms with Gasteiger partial charge in [-0.05, 0) is 16.3 Å². The third-order valence-corrected chi connectivity index (χ3v) is 11.9. The summed E-state index contributed by atoms with van der Waals surface area (Å²) in [6.07, 6.45) is 0. The zero-order valence-corrected chi connectivity index (χ0v) is 16.5. The molecule has 4 heteroatoms. The summed E-state index contributed by atoms with van der Waals surface area (Å²) in [5.74, 6) is 2.51. The van der Waals surface area contributed by atoms with Gasteiger partial charge in [0, 0.05) is 11.5 Å². The van der Waals surface area contributed by atoms with Crippen LogP contribution in [0.1, 0.15) is 5.56 Å². The monoisotopic (exact) mass is 368 g/mol. The normalized spacial score (nSPS) is 19.7. The summed E-state index contributed by atoms with van der Waals surface area (Å²) in [6, 6.07) is 21.1. The van der Waals surface area contributed by atoms with Crippen molar-refractivity contribution in [3.8, 4) is 0 Å². The first-order chi connectivity index (χ1) is 11.6. The molecule has 1 aliphatic carbocycles. The standard InChI is InChI=1S/C20H20OS2Si/c1-24(2,16-11-7-4-8-12-16)18-17(15-9-5-3-6-10-15)20(19(18)21)22-13-14-23-20/h3-12H,13-14H2,1-2H3. The quantitative estimate of drug-likeness (QED) is 0.750. The van der Waals surface area contributed by atoms with Gasteiger partial charge in [0.15, 0.2) is 5.78 Å². The highest BCUT2D eigenvalue weighted by Crippen LogP contribution is 2.62. The van der Waals surface area contributed by atoms with E-state index in [9.17, 15) is 4.79 Å². The van der Waals surface area contributed by atoms with Crippen LogP contribution in [-0.2, 0) is 4.79 Å². The van der Waals surface area contributed by atoms with Gasteiger partial charge in [0.1, 0.15) is 12.2 Å². The van der Waals surface area contributed by atoms with Gasteiger partial charge in [-0.15, -0.1) is 23.5 Å². The Morgan fingerprint density at radius 2 is 1.42 bits per heavy atom. The van der Waals surface area contributed by atoms with Crippen LogP contribution < -0.4 is 5.19 Å². The first kappa shape index (κ1) is 16.2. The number of allylic oxidation sites excluding steroid dienone is 1. The van der Waals surface area contributed by atoms with E-state index >= 15 is 0 Å². The predicted octanol–water partition coefficient (Wildman–Crippen LogP) is 4.35. The van der Waals surface area contributed by atoms with Crippen molar-refractivity contribution >= 4 is 48.1 Å². The Hall–Kier alpha value is -1.23. The maximum atomic E-state index is 13.3. The zero-order valence-electron chi connectivity index (χ0n) is 13.9. The molecule has 0 atom stereocenters. The number of rotatable bonds is 3. The SMILES string of the molecule is C[Si](C)(C1=C(c2ccccc2)C2(SCCS2)C1=O)c1ccccc1. The number of carbonyl (C=O) groups is 1. The molecule has 2 aromatic rings. The third kappa shape index (κ3) is 2.27. The molecule has 0 radical (unpaired) electrons. The van der Waals surface area contributed by atoms with Crippen molar-refractivity contribution in [3.63, 3.8) is 0 Å². The number of ketones is 1. The topological polar surface area (TPSA) is 17.1 Å². The highest BCUT2D eigenvalue weighted by molar-refractivity contribution is 8.23. The molecule has 1 nitrogen and oxygen atoms in total. The summed E-state index contributed by atoms with van der Waals surface area (Å²) in [7, 11) is -2.00. The maximum absolute atomic E-state index is 13.3. The molecule has 0 saturated carbocycles. The zero-order chi connectivity index (χ0) is 16.8. The van der Waals surface area contributed by atoms with Crippen LogP contribution in [0.15, 0.2) is 65.9 Å². The van der Waals surface area contributed by atoms with E-state index in [1.165, 1.54) is 16.3 Å². The predicted molar refractivity (Wildman–Crippen MR) is 110 cm³/mol. The minimum atomic E-state index is -2.00. The first-order valence-corrected chi connectivity index (χ1v) is 13.2. The Balaban J connectivity index is 1.92. The van der Waals surface area contributed by atoms with E-state index < -0.39 is 8.07 Å². The van der Waals surface area contributed by atoms with Crippen molar-refractivity contribution in [2.75, 3.05) is 11.5 Å². The minimum absolute atomic E-state index is 0.338. The molecule has 0 unspecified atom stereocenters. The Morgan fingerprint density at radius 3 is 2.00 bits per heavy atom. The number of Topliss-reactive ketones (excluding diaryl/α,β-unsaturated/α-hetero) is 1. The summed E-state index contributed by atoms with van der Waals surface area (Å²) < 4.78 is -0.338. The number of hydrogen-bond donors (Lipinski definition) is 0. The highest BCUT2D eigenvalue weighted by atomic mass is 32.2. The van der Waals surface area contributed by atoms with Crippen molar-refractivity contribution < 1.29 is 4.79 Å². The van der Waals surface area contributed by atoms with Crippen LogP contribution in [0, 0.1) is 0 Å². The molecular weight excluding hydrogens is 348 g/mol. The van der Waals surface area contributed by atoms with Gasteiger partial charge in [0.05, 0.1) is 0 Å². The van der Waals surface area contributed by atoms with E-state index in [2.05, 4.69) is 61.6 Å². The number of thioether (sulfide) groups is 2. The van der Waals surface area contributed by atoms with Crippen molar-refractivity contribution in [2.24, 2.45) is 0 Å². The molecule has 1 spiro atoms. The lowest BCUT2D eigenvalue weighted by Gasteiger charge is -2.45. The largest absolute Gasteiger partial charge is 0.292 e. The summed E-state index contributed by atoms with van der Waals surface area (Å²) in [4.78, 5) is 13.3.